The molecule has 0 aromatic heterocycles. The van der Waals surface area contributed by atoms with E-state index in [-0.39, 0.29) is 5.91 Å². The topological polar surface area (TPSA) is 20.3 Å². The molecule has 18 heavy (non-hydrogen) atoms. The molecule has 0 saturated heterocycles. The second kappa shape index (κ2) is 4.97. The highest BCUT2D eigenvalue weighted by atomic mass is 16.2. The summed E-state index contributed by atoms with van der Waals surface area (Å²) in [5.74, 6) is 0.230. The van der Waals surface area contributed by atoms with Gasteiger partial charge in [0.2, 0.25) is 0 Å². The molecule has 1 aromatic rings. The largest absolute Gasteiger partial charge is 0.332 e. The highest BCUT2D eigenvalue weighted by molar-refractivity contribution is 6.21. The Morgan fingerprint density at radius 1 is 1.00 bits per heavy atom. The first-order valence-corrected chi connectivity index (χ1v) is 6.93. The average Bonchev–Trinajstić information content (AvgIpc) is 2.83. The number of carbonyl (C=O) groups excluding carboxylic acids is 1. The number of benzene rings is 1. The third kappa shape index (κ3) is 2.07. The molecule has 0 unspecified atom stereocenters. The van der Waals surface area contributed by atoms with Crippen molar-refractivity contribution in [3.63, 3.8) is 0 Å². The summed E-state index contributed by atoms with van der Waals surface area (Å²) < 4.78 is 0. The quantitative estimate of drug-likeness (QED) is 0.778. The van der Waals surface area contributed by atoms with Crippen LogP contribution in [0.2, 0.25) is 0 Å². The number of hydrogen-bond acceptors (Lipinski definition) is 1. The van der Waals surface area contributed by atoms with Gasteiger partial charge in [0.1, 0.15) is 0 Å². The van der Waals surface area contributed by atoms with Gasteiger partial charge in [0, 0.05) is 18.2 Å². The third-order valence-electron chi connectivity index (χ3n) is 4.08. The Morgan fingerprint density at radius 2 is 1.72 bits per heavy atom. The van der Waals surface area contributed by atoms with Gasteiger partial charge in [0.15, 0.2) is 0 Å². The van der Waals surface area contributed by atoms with E-state index in [9.17, 15) is 4.79 Å². The van der Waals surface area contributed by atoms with Crippen LogP contribution in [-0.4, -0.2) is 23.4 Å². The van der Waals surface area contributed by atoms with Crippen molar-refractivity contribution in [3.8, 4) is 0 Å². The van der Waals surface area contributed by atoms with Crippen molar-refractivity contribution in [3.05, 3.63) is 42.0 Å². The Bertz CT molecular complexity index is 457. The average molecular weight is 241 g/mol. The zero-order valence-electron chi connectivity index (χ0n) is 10.6. The van der Waals surface area contributed by atoms with E-state index < -0.39 is 0 Å². The van der Waals surface area contributed by atoms with E-state index in [1.807, 2.05) is 30.3 Å². The minimum Gasteiger partial charge on any atom is -0.332 e. The zero-order valence-corrected chi connectivity index (χ0v) is 10.6. The van der Waals surface area contributed by atoms with Crippen LogP contribution in [0.15, 0.2) is 36.4 Å². The molecule has 1 aromatic carbocycles. The molecule has 3 rings (SSSR count). The van der Waals surface area contributed by atoms with Crippen LogP contribution in [0, 0.1) is 0 Å². The first-order valence-electron chi connectivity index (χ1n) is 6.93. The van der Waals surface area contributed by atoms with Crippen LogP contribution >= 0.6 is 0 Å². The molecule has 1 amide bonds. The Kier molecular flexibility index (Phi) is 3.18. The van der Waals surface area contributed by atoms with Crippen molar-refractivity contribution in [2.45, 2.75) is 38.1 Å². The molecule has 0 bridgehead atoms. The van der Waals surface area contributed by atoms with Crippen molar-refractivity contribution in [1.29, 1.82) is 0 Å². The summed E-state index contributed by atoms with van der Waals surface area (Å²) in [6.07, 6.45) is 8.33. The van der Waals surface area contributed by atoms with E-state index in [0.29, 0.717) is 6.04 Å². The Hall–Kier alpha value is -1.57. The Balaban J connectivity index is 1.75. The van der Waals surface area contributed by atoms with Crippen molar-refractivity contribution < 1.29 is 4.79 Å². The predicted molar refractivity (Wildman–Crippen MR) is 73.0 cm³/mol. The molecule has 1 aliphatic carbocycles. The van der Waals surface area contributed by atoms with Crippen molar-refractivity contribution in [2.75, 3.05) is 6.54 Å². The summed E-state index contributed by atoms with van der Waals surface area (Å²) in [5, 5.41) is 0. The van der Waals surface area contributed by atoms with Crippen LogP contribution in [0.1, 0.15) is 37.7 Å². The van der Waals surface area contributed by atoms with Gasteiger partial charge in [-0.2, -0.15) is 0 Å². The lowest BCUT2D eigenvalue weighted by Gasteiger charge is -2.31. The van der Waals surface area contributed by atoms with Crippen LogP contribution in [0.3, 0.4) is 0 Å². The predicted octanol–water partition coefficient (Wildman–Crippen LogP) is 3.24. The zero-order chi connectivity index (χ0) is 12.4. The molecular formula is C16H19NO. The summed E-state index contributed by atoms with van der Waals surface area (Å²) in [5.41, 5.74) is 1.95. The van der Waals surface area contributed by atoms with Gasteiger partial charge in [-0.15, -0.1) is 0 Å². The van der Waals surface area contributed by atoms with E-state index in [0.717, 1.165) is 17.7 Å². The van der Waals surface area contributed by atoms with Gasteiger partial charge < -0.3 is 4.90 Å². The van der Waals surface area contributed by atoms with Gasteiger partial charge >= 0.3 is 0 Å². The summed E-state index contributed by atoms with van der Waals surface area (Å²) in [7, 11) is 0. The van der Waals surface area contributed by atoms with Gasteiger partial charge in [-0.05, 0) is 18.4 Å². The fourth-order valence-corrected chi connectivity index (χ4v) is 3.08. The monoisotopic (exact) mass is 241 g/mol. The maximum Gasteiger partial charge on any atom is 0.254 e. The highest BCUT2D eigenvalue weighted by Gasteiger charge is 2.31. The van der Waals surface area contributed by atoms with Gasteiger partial charge in [-0.1, -0.05) is 55.7 Å². The van der Waals surface area contributed by atoms with Crippen molar-refractivity contribution >= 4 is 11.5 Å². The van der Waals surface area contributed by atoms with Gasteiger partial charge in [0.25, 0.3) is 5.91 Å². The summed E-state index contributed by atoms with van der Waals surface area (Å²) >= 11 is 0. The van der Waals surface area contributed by atoms with Crippen LogP contribution in [0.25, 0.3) is 5.57 Å². The molecule has 2 heteroatoms. The van der Waals surface area contributed by atoms with Crippen LogP contribution in [0.5, 0.6) is 0 Å². The molecule has 1 aliphatic heterocycles. The standard InChI is InChI=1S/C16H19NO/c18-16-15(13-7-3-1-4-8-13)11-12-17(16)14-9-5-2-6-10-14/h1,3-4,7-8,11,14H,2,5-6,9-10,12H2. The lowest BCUT2D eigenvalue weighted by molar-refractivity contribution is -0.126. The second-order valence-electron chi connectivity index (χ2n) is 5.23. The van der Waals surface area contributed by atoms with Crippen molar-refractivity contribution in [2.24, 2.45) is 0 Å². The normalized spacial score (nSPS) is 21.2. The molecule has 1 heterocycles. The molecular weight excluding hydrogens is 222 g/mol. The lowest BCUT2D eigenvalue weighted by atomic mass is 9.94. The minimum atomic E-state index is 0.230. The maximum atomic E-state index is 12.5. The number of rotatable bonds is 2. The fraction of sp³-hybridized carbons (Fsp3) is 0.438. The number of hydrogen-bond donors (Lipinski definition) is 0. The number of nitrogens with zero attached hydrogens (tertiary/aromatic N) is 1. The van der Waals surface area contributed by atoms with Gasteiger partial charge in [-0.25, -0.2) is 0 Å². The molecule has 0 N–H and O–H groups in total. The molecule has 2 nitrogen and oxygen atoms in total. The molecule has 0 spiro atoms. The number of carbonyl (C=O) groups is 1. The molecule has 1 saturated carbocycles. The van der Waals surface area contributed by atoms with Crippen LogP contribution in [-0.2, 0) is 4.79 Å². The maximum absolute atomic E-state index is 12.5. The van der Waals surface area contributed by atoms with Gasteiger partial charge in [-0.3, -0.25) is 4.79 Å². The van der Waals surface area contributed by atoms with Gasteiger partial charge in [0.05, 0.1) is 0 Å². The summed E-state index contributed by atoms with van der Waals surface area (Å²) in [6, 6.07) is 10.5. The Labute approximate surface area is 108 Å². The molecule has 94 valence electrons. The Morgan fingerprint density at radius 3 is 2.44 bits per heavy atom. The lowest BCUT2D eigenvalue weighted by Crippen LogP contribution is -2.38. The van der Waals surface area contributed by atoms with Crippen LogP contribution < -0.4 is 0 Å². The van der Waals surface area contributed by atoms with Crippen LogP contribution in [0.4, 0.5) is 0 Å². The smallest absolute Gasteiger partial charge is 0.254 e. The molecule has 1 fully saturated rings. The number of amides is 1. The highest BCUT2D eigenvalue weighted by Crippen LogP contribution is 2.29. The van der Waals surface area contributed by atoms with E-state index in [4.69, 9.17) is 0 Å². The third-order valence-corrected chi connectivity index (χ3v) is 4.08. The van der Waals surface area contributed by atoms with Crippen molar-refractivity contribution in [1.82, 2.24) is 4.90 Å². The SMILES string of the molecule is O=C1C(c2ccccc2)=CCN1C1CCCCC1. The summed E-state index contributed by atoms with van der Waals surface area (Å²) in [6.45, 7) is 0.799. The minimum absolute atomic E-state index is 0.230. The molecule has 2 aliphatic rings. The van der Waals surface area contributed by atoms with E-state index in [1.165, 1.54) is 32.1 Å². The molecule has 0 radical (unpaired) electrons. The second-order valence-corrected chi connectivity index (χ2v) is 5.23. The first kappa shape index (κ1) is 11.5. The fourth-order valence-electron chi connectivity index (χ4n) is 3.08. The van der Waals surface area contributed by atoms with E-state index in [2.05, 4.69) is 11.0 Å². The molecule has 0 atom stereocenters. The van der Waals surface area contributed by atoms with E-state index in [1.54, 1.807) is 0 Å². The summed E-state index contributed by atoms with van der Waals surface area (Å²) in [4.78, 5) is 14.5. The first-order chi connectivity index (χ1) is 8.86. The van der Waals surface area contributed by atoms with E-state index >= 15 is 0 Å².